The number of aliphatic carboxylic acids is 1. The fourth-order valence-corrected chi connectivity index (χ4v) is 2.12. The number of carboxylic acid groups (broad SMARTS) is 1. The van der Waals surface area contributed by atoms with Crippen molar-refractivity contribution in [3.63, 3.8) is 0 Å². The molecule has 0 radical (unpaired) electrons. The lowest BCUT2D eigenvalue weighted by Gasteiger charge is -2.24. The third-order valence-corrected chi connectivity index (χ3v) is 3.53. The number of nitrogens with one attached hydrogen (secondary N) is 1. The highest BCUT2D eigenvalue weighted by atomic mass is 79.9. The van der Waals surface area contributed by atoms with Crippen molar-refractivity contribution in [1.29, 1.82) is 0 Å². The van der Waals surface area contributed by atoms with Gasteiger partial charge in [-0.05, 0) is 45.4 Å². The van der Waals surface area contributed by atoms with Gasteiger partial charge in [0.25, 0.3) is 5.91 Å². The van der Waals surface area contributed by atoms with Crippen LogP contribution in [0.1, 0.15) is 44.5 Å². The average Bonchev–Trinajstić information content (AvgIpc) is 2.36. The van der Waals surface area contributed by atoms with Gasteiger partial charge in [-0.3, -0.25) is 4.79 Å². The van der Waals surface area contributed by atoms with Gasteiger partial charge >= 0.3 is 5.97 Å². The van der Waals surface area contributed by atoms with Crippen molar-refractivity contribution >= 4 is 27.8 Å². The number of benzene rings is 1. The molecule has 6 heteroatoms. The van der Waals surface area contributed by atoms with E-state index < -0.39 is 17.4 Å². The van der Waals surface area contributed by atoms with Gasteiger partial charge in [-0.2, -0.15) is 0 Å². The number of rotatable bonds is 6. The fourth-order valence-electron chi connectivity index (χ4n) is 1.65. The monoisotopic (exact) mass is 357 g/mol. The smallest absolute Gasteiger partial charge is 0.329 e. The quantitative estimate of drug-likeness (QED) is 0.819. The van der Waals surface area contributed by atoms with Gasteiger partial charge in [0, 0.05) is 10.0 Å². The minimum Gasteiger partial charge on any atom is -0.491 e. The zero-order valence-corrected chi connectivity index (χ0v) is 14.2. The van der Waals surface area contributed by atoms with Gasteiger partial charge in [0.2, 0.25) is 0 Å². The van der Waals surface area contributed by atoms with Crippen LogP contribution in [0.4, 0.5) is 0 Å². The van der Waals surface area contributed by atoms with Gasteiger partial charge in [0.05, 0.1) is 6.10 Å². The number of hydrogen-bond acceptors (Lipinski definition) is 3. The van der Waals surface area contributed by atoms with Crippen molar-refractivity contribution in [3.8, 4) is 5.75 Å². The van der Waals surface area contributed by atoms with Gasteiger partial charge in [-0.1, -0.05) is 22.9 Å². The molecule has 1 atom stereocenters. The highest BCUT2D eigenvalue weighted by Gasteiger charge is 2.33. The van der Waals surface area contributed by atoms with E-state index in [4.69, 9.17) is 4.74 Å². The Morgan fingerprint density at radius 3 is 2.48 bits per heavy atom. The molecule has 2 N–H and O–H groups in total. The molecular formula is C15H20BrNO4. The summed E-state index contributed by atoms with van der Waals surface area (Å²) in [5.41, 5.74) is -0.945. The predicted octanol–water partition coefficient (Wildman–Crippen LogP) is 3.22. The first-order valence-electron chi connectivity index (χ1n) is 6.71. The summed E-state index contributed by atoms with van der Waals surface area (Å²) in [6, 6.07) is 4.98. The second-order valence-electron chi connectivity index (χ2n) is 5.29. The lowest BCUT2D eigenvalue weighted by atomic mass is 9.98. The fraction of sp³-hybridized carbons (Fsp3) is 0.467. The third kappa shape index (κ3) is 4.74. The van der Waals surface area contributed by atoms with Gasteiger partial charge in [0.15, 0.2) is 0 Å². The molecule has 0 heterocycles. The largest absolute Gasteiger partial charge is 0.491 e. The van der Waals surface area contributed by atoms with Crippen LogP contribution in [0, 0.1) is 0 Å². The second-order valence-corrected chi connectivity index (χ2v) is 6.20. The number of ether oxygens (including phenoxy) is 1. The molecule has 0 fully saturated rings. The third-order valence-electron chi connectivity index (χ3n) is 3.07. The molecule has 0 spiro atoms. The topological polar surface area (TPSA) is 75.6 Å². The van der Waals surface area contributed by atoms with Crippen LogP contribution in [-0.2, 0) is 4.79 Å². The summed E-state index contributed by atoms with van der Waals surface area (Å²) >= 11 is 3.32. The molecule has 0 aliphatic rings. The average molecular weight is 358 g/mol. The molecule has 5 nitrogen and oxygen atoms in total. The normalized spacial score (nSPS) is 13.6. The first-order valence-corrected chi connectivity index (χ1v) is 7.50. The Labute approximate surface area is 132 Å². The maximum atomic E-state index is 12.3. The van der Waals surface area contributed by atoms with Gasteiger partial charge in [-0.25, -0.2) is 4.79 Å². The highest BCUT2D eigenvalue weighted by Crippen LogP contribution is 2.23. The zero-order valence-electron chi connectivity index (χ0n) is 12.6. The van der Waals surface area contributed by atoms with Crippen LogP contribution in [0.2, 0.25) is 0 Å². The lowest BCUT2D eigenvalue weighted by Crippen LogP contribution is -2.51. The summed E-state index contributed by atoms with van der Waals surface area (Å²) in [4.78, 5) is 23.5. The highest BCUT2D eigenvalue weighted by molar-refractivity contribution is 9.10. The van der Waals surface area contributed by atoms with Gasteiger partial charge in [-0.15, -0.1) is 0 Å². The molecule has 116 valence electrons. The Morgan fingerprint density at radius 2 is 2.00 bits per heavy atom. The van der Waals surface area contributed by atoms with Crippen LogP contribution in [0.25, 0.3) is 0 Å². The van der Waals surface area contributed by atoms with Gasteiger partial charge in [0.1, 0.15) is 11.3 Å². The van der Waals surface area contributed by atoms with E-state index in [-0.39, 0.29) is 12.5 Å². The van der Waals surface area contributed by atoms with Crippen molar-refractivity contribution < 1.29 is 19.4 Å². The van der Waals surface area contributed by atoms with E-state index in [1.165, 1.54) is 6.92 Å². The molecule has 0 saturated heterocycles. The molecular weight excluding hydrogens is 338 g/mol. The second kappa shape index (κ2) is 6.93. The first kappa shape index (κ1) is 17.5. The van der Waals surface area contributed by atoms with E-state index in [2.05, 4.69) is 21.2 Å². The van der Waals surface area contributed by atoms with E-state index in [0.29, 0.717) is 15.8 Å². The SMILES string of the molecule is CCC(C)(NC(=O)c1cc(Br)cc(OC(C)C)c1)C(=O)O. The maximum absolute atomic E-state index is 12.3. The van der Waals surface area contributed by atoms with Crippen LogP contribution in [0.5, 0.6) is 5.75 Å². The van der Waals surface area contributed by atoms with Gasteiger partial charge < -0.3 is 15.2 Å². The molecule has 21 heavy (non-hydrogen) atoms. The van der Waals surface area contributed by atoms with Crippen LogP contribution in [-0.4, -0.2) is 28.6 Å². The van der Waals surface area contributed by atoms with Crippen LogP contribution >= 0.6 is 15.9 Å². The summed E-state index contributed by atoms with van der Waals surface area (Å²) in [5.74, 6) is -0.957. The van der Waals surface area contributed by atoms with Crippen molar-refractivity contribution in [2.75, 3.05) is 0 Å². The van der Waals surface area contributed by atoms with Crippen LogP contribution < -0.4 is 10.1 Å². The Hall–Kier alpha value is -1.56. The molecule has 1 aromatic carbocycles. The molecule has 0 aliphatic carbocycles. The van der Waals surface area contributed by atoms with Crippen molar-refractivity contribution in [3.05, 3.63) is 28.2 Å². The molecule has 1 rings (SSSR count). The summed E-state index contributed by atoms with van der Waals surface area (Å²) in [6.45, 7) is 6.97. The minimum atomic E-state index is -1.29. The molecule has 1 unspecified atom stereocenters. The predicted molar refractivity (Wildman–Crippen MR) is 83.7 cm³/mol. The van der Waals surface area contributed by atoms with Crippen molar-refractivity contribution in [2.24, 2.45) is 0 Å². The number of carbonyl (C=O) groups is 2. The van der Waals surface area contributed by atoms with Crippen molar-refractivity contribution in [1.82, 2.24) is 5.32 Å². The Balaban J connectivity index is 3.02. The number of hydrogen-bond donors (Lipinski definition) is 2. The number of amides is 1. The van der Waals surface area contributed by atoms with Crippen LogP contribution in [0.3, 0.4) is 0 Å². The minimum absolute atomic E-state index is 0.0184. The Morgan fingerprint density at radius 1 is 1.38 bits per heavy atom. The molecule has 0 bridgehead atoms. The summed E-state index contributed by atoms with van der Waals surface area (Å²) < 4.78 is 6.26. The molecule has 1 aromatic rings. The maximum Gasteiger partial charge on any atom is 0.329 e. The van der Waals surface area contributed by atoms with E-state index in [1.807, 2.05) is 13.8 Å². The number of carbonyl (C=O) groups excluding carboxylic acids is 1. The zero-order chi connectivity index (χ0) is 16.2. The summed E-state index contributed by atoms with van der Waals surface area (Å²) in [7, 11) is 0. The lowest BCUT2D eigenvalue weighted by molar-refractivity contribution is -0.143. The van der Waals surface area contributed by atoms with Crippen molar-refractivity contribution in [2.45, 2.75) is 45.8 Å². The van der Waals surface area contributed by atoms with E-state index in [9.17, 15) is 14.7 Å². The van der Waals surface area contributed by atoms with E-state index >= 15 is 0 Å². The Bertz CT molecular complexity index is 544. The molecule has 1 amide bonds. The first-order chi connectivity index (χ1) is 9.67. The number of carboxylic acids is 1. The van der Waals surface area contributed by atoms with Crippen LogP contribution in [0.15, 0.2) is 22.7 Å². The summed E-state index contributed by atoms with van der Waals surface area (Å²) in [6.07, 6.45) is 0.271. The van der Waals surface area contributed by atoms with E-state index in [1.54, 1.807) is 25.1 Å². The van der Waals surface area contributed by atoms with E-state index in [0.717, 1.165) is 0 Å². The molecule has 0 aliphatic heterocycles. The summed E-state index contributed by atoms with van der Waals surface area (Å²) in [5, 5.41) is 11.8. The molecule has 0 saturated carbocycles. The number of halogens is 1. The standard InChI is InChI=1S/C15H20BrNO4/c1-5-15(4,14(19)20)17-13(18)10-6-11(16)8-12(7-10)21-9(2)3/h6-9H,5H2,1-4H3,(H,17,18)(H,19,20). The molecule has 0 aromatic heterocycles. The Kier molecular flexibility index (Phi) is 5.78.